The summed E-state index contributed by atoms with van der Waals surface area (Å²) in [7, 11) is 2.17. The highest BCUT2D eigenvalue weighted by molar-refractivity contribution is 5.99. The molecule has 2 aromatic heterocycles. The second-order valence-electron chi connectivity index (χ2n) is 11.8. The predicted molar refractivity (Wildman–Crippen MR) is 148 cm³/mol. The zero-order valence-corrected chi connectivity index (χ0v) is 22.3. The summed E-state index contributed by atoms with van der Waals surface area (Å²) >= 11 is 0. The number of piperidine rings is 1. The van der Waals surface area contributed by atoms with Crippen LogP contribution in [0, 0.1) is 0 Å². The molecule has 38 heavy (non-hydrogen) atoms. The van der Waals surface area contributed by atoms with E-state index in [9.17, 15) is 9.90 Å². The number of likely N-dealkylation sites (tertiary alicyclic amines) is 3. The lowest BCUT2D eigenvalue weighted by Crippen LogP contribution is -2.48. The van der Waals surface area contributed by atoms with Crippen molar-refractivity contribution in [1.82, 2.24) is 29.2 Å². The Morgan fingerprint density at radius 3 is 2.58 bits per heavy atom. The average Bonchev–Trinajstić information content (AvgIpc) is 3.66. The van der Waals surface area contributed by atoms with Crippen LogP contribution in [0.15, 0.2) is 36.5 Å². The Morgan fingerprint density at radius 1 is 0.974 bits per heavy atom. The van der Waals surface area contributed by atoms with Crippen molar-refractivity contribution in [1.29, 1.82) is 0 Å². The van der Waals surface area contributed by atoms with Crippen LogP contribution >= 0.6 is 0 Å². The molecule has 7 rings (SSSR count). The lowest BCUT2D eigenvalue weighted by molar-refractivity contribution is 0.0337. The summed E-state index contributed by atoms with van der Waals surface area (Å²) in [4.78, 5) is 27.5. The summed E-state index contributed by atoms with van der Waals surface area (Å²) in [5.41, 5.74) is 6.42. The molecule has 1 amide bonds. The molecule has 3 aromatic rings. The van der Waals surface area contributed by atoms with E-state index >= 15 is 0 Å². The van der Waals surface area contributed by atoms with Gasteiger partial charge in [0.25, 0.3) is 5.91 Å². The number of carbonyl (C=O) groups excluding carboxylic acids is 1. The highest BCUT2D eigenvalue weighted by atomic mass is 16.3. The zero-order chi connectivity index (χ0) is 25.8. The quantitative estimate of drug-likeness (QED) is 0.545. The van der Waals surface area contributed by atoms with Gasteiger partial charge in [0.05, 0.1) is 18.5 Å². The minimum Gasteiger partial charge on any atom is -0.381 e. The van der Waals surface area contributed by atoms with Gasteiger partial charge >= 0.3 is 0 Å². The first-order chi connectivity index (χ1) is 18.6. The maximum Gasteiger partial charge on any atom is 0.254 e. The number of carbonyl (C=O) groups is 1. The van der Waals surface area contributed by atoms with E-state index in [1.807, 2.05) is 15.9 Å². The lowest BCUT2D eigenvalue weighted by Gasteiger charge is -2.37. The molecule has 1 N–H and O–H groups in total. The summed E-state index contributed by atoms with van der Waals surface area (Å²) in [6, 6.07) is 11.5. The number of pyridine rings is 1. The summed E-state index contributed by atoms with van der Waals surface area (Å²) in [5.74, 6) is 0.123. The number of hydrogen-bond donors (Lipinski definition) is 1. The third-order valence-electron chi connectivity index (χ3n) is 9.16. The summed E-state index contributed by atoms with van der Waals surface area (Å²) in [6.07, 6.45) is 6.79. The van der Waals surface area contributed by atoms with Gasteiger partial charge in [0, 0.05) is 68.0 Å². The fourth-order valence-corrected chi connectivity index (χ4v) is 7.01. The van der Waals surface area contributed by atoms with Gasteiger partial charge in [-0.15, -0.1) is 0 Å². The van der Waals surface area contributed by atoms with Gasteiger partial charge < -0.3 is 19.5 Å². The first kappa shape index (κ1) is 24.3. The molecule has 0 spiro atoms. The number of aliphatic hydroxyl groups is 1. The largest absolute Gasteiger partial charge is 0.381 e. The molecule has 3 fully saturated rings. The maximum atomic E-state index is 13.3. The molecule has 1 aromatic carbocycles. The van der Waals surface area contributed by atoms with Gasteiger partial charge in [-0.25, -0.2) is 4.98 Å². The van der Waals surface area contributed by atoms with E-state index in [1.165, 1.54) is 36.9 Å². The molecule has 0 aliphatic carbocycles. The number of rotatable bonds is 6. The molecule has 6 heterocycles. The molecule has 4 aliphatic rings. The van der Waals surface area contributed by atoms with E-state index in [2.05, 4.69) is 51.9 Å². The van der Waals surface area contributed by atoms with Crippen molar-refractivity contribution in [2.75, 3.05) is 53.0 Å². The molecular formula is C30H38N6O2. The fourth-order valence-electron chi connectivity index (χ4n) is 7.01. The highest BCUT2D eigenvalue weighted by Crippen LogP contribution is 2.34. The van der Waals surface area contributed by atoms with Crippen molar-refractivity contribution >= 4 is 16.9 Å². The van der Waals surface area contributed by atoms with Gasteiger partial charge in [0.15, 0.2) is 0 Å². The first-order valence-corrected chi connectivity index (χ1v) is 14.3. The van der Waals surface area contributed by atoms with Gasteiger partial charge in [-0.3, -0.25) is 14.6 Å². The minimum absolute atomic E-state index is 0.0579. The number of likely N-dealkylation sites (N-methyl/N-ethyl adjacent to an activating group) is 1. The average molecular weight is 515 g/mol. The van der Waals surface area contributed by atoms with Crippen LogP contribution in [0.5, 0.6) is 0 Å². The number of nitrogens with zero attached hydrogens (tertiary/aromatic N) is 6. The Bertz CT molecular complexity index is 1360. The third kappa shape index (κ3) is 4.24. The normalized spacial score (nSPS) is 23.5. The van der Waals surface area contributed by atoms with Crippen molar-refractivity contribution in [3.05, 3.63) is 53.2 Å². The standard InChI is InChI=1S/C30H38N6O2/c1-32-17-25(18-32)35-12-8-26-23(15-33-9-2-3-10-33)14-28(31-29(26)35)21-6-7-27-22(13-21)16-36(30(27)38)24-5-4-11-34(19-24)20-37/h6-8,12-14,24-25,37H,2-5,9-11,15-20H2,1H3. The van der Waals surface area contributed by atoms with Crippen LogP contribution in [0.25, 0.3) is 22.3 Å². The summed E-state index contributed by atoms with van der Waals surface area (Å²) in [5, 5.41) is 10.9. The van der Waals surface area contributed by atoms with Crippen LogP contribution in [0.4, 0.5) is 0 Å². The molecule has 3 saturated heterocycles. The van der Waals surface area contributed by atoms with Crippen molar-refractivity contribution in [2.24, 2.45) is 0 Å². The van der Waals surface area contributed by atoms with E-state index in [-0.39, 0.29) is 18.7 Å². The monoisotopic (exact) mass is 514 g/mol. The maximum absolute atomic E-state index is 13.3. The van der Waals surface area contributed by atoms with Crippen molar-refractivity contribution in [3.8, 4) is 11.3 Å². The highest BCUT2D eigenvalue weighted by Gasteiger charge is 2.35. The molecule has 1 unspecified atom stereocenters. The first-order valence-electron chi connectivity index (χ1n) is 14.3. The molecular weight excluding hydrogens is 476 g/mol. The molecule has 8 nitrogen and oxygen atoms in total. The van der Waals surface area contributed by atoms with Crippen LogP contribution in [-0.4, -0.2) is 99.3 Å². The Labute approximate surface area is 224 Å². The smallest absolute Gasteiger partial charge is 0.254 e. The third-order valence-corrected chi connectivity index (χ3v) is 9.16. The van der Waals surface area contributed by atoms with E-state index < -0.39 is 0 Å². The SMILES string of the molecule is CN1CC(n2ccc3c(CN4CCCC4)cc(-c4ccc5c(c4)CN(C4CCCN(CO)C4)C5=O)nc32)C1. The molecule has 1 atom stereocenters. The fraction of sp³-hybridized carbons (Fsp3) is 0.533. The van der Waals surface area contributed by atoms with Gasteiger partial charge in [-0.2, -0.15) is 0 Å². The van der Waals surface area contributed by atoms with Crippen LogP contribution in [0.3, 0.4) is 0 Å². The van der Waals surface area contributed by atoms with Gasteiger partial charge in [-0.1, -0.05) is 6.07 Å². The predicted octanol–water partition coefficient (Wildman–Crippen LogP) is 3.16. The number of benzene rings is 1. The van der Waals surface area contributed by atoms with E-state index in [1.54, 1.807) is 0 Å². The van der Waals surface area contributed by atoms with Crippen LogP contribution in [0.1, 0.15) is 53.2 Å². The van der Waals surface area contributed by atoms with E-state index in [4.69, 9.17) is 4.98 Å². The lowest BCUT2D eigenvalue weighted by atomic mass is 10.0. The van der Waals surface area contributed by atoms with Crippen molar-refractivity contribution < 1.29 is 9.90 Å². The van der Waals surface area contributed by atoms with E-state index in [0.29, 0.717) is 12.6 Å². The molecule has 0 bridgehead atoms. The summed E-state index contributed by atoms with van der Waals surface area (Å²) in [6.45, 7) is 7.75. The Morgan fingerprint density at radius 2 is 1.79 bits per heavy atom. The van der Waals surface area contributed by atoms with Gasteiger partial charge in [-0.05, 0) is 81.2 Å². The van der Waals surface area contributed by atoms with Crippen LogP contribution < -0.4 is 0 Å². The van der Waals surface area contributed by atoms with Crippen molar-refractivity contribution in [2.45, 2.75) is 50.9 Å². The van der Waals surface area contributed by atoms with Crippen LogP contribution in [-0.2, 0) is 13.1 Å². The molecule has 200 valence electrons. The number of aliphatic hydroxyl groups excluding tert-OH is 1. The van der Waals surface area contributed by atoms with Crippen molar-refractivity contribution in [3.63, 3.8) is 0 Å². The number of hydrogen-bond acceptors (Lipinski definition) is 6. The number of amides is 1. The molecule has 4 aliphatic heterocycles. The molecule has 8 heteroatoms. The second kappa shape index (κ2) is 9.75. The Hall–Kier alpha value is -2.78. The number of aromatic nitrogens is 2. The minimum atomic E-state index is 0.0579. The van der Waals surface area contributed by atoms with Gasteiger partial charge in [0.2, 0.25) is 0 Å². The van der Waals surface area contributed by atoms with Gasteiger partial charge in [0.1, 0.15) is 5.65 Å². The summed E-state index contributed by atoms with van der Waals surface area (Å²) < 4.78 is 2.38. The van der Waals surface area contributed by atoms with Crippen LogP contribution in [0.2, 0.25) is 0 Å². The zero-order valence-electron chi connectivity index (χ0n) is 22.3. The molecule has 0 radical (unpaired) electrons. The Kier molecular flexibility index (Phi) is 6.23. The second-order valence-corrected chi connectivity index (χ2v) is 11.8. The van der Waals surface area contributed by atoms with E-state index in [0.717, 1.165) is 73.6 Å². The Balaban J connectivity index is 1.23. The molecule has 0 saturated carbocycles. The number of fused-ring (bicyclic) bond motifs is 2. The topological polar surface area (TPSA) is 68.1 Å².